The molecule has 9 heteroatoms. The SMILES string of the molecule is CCOC(=O)C1CSC(c2cccs2)N1C(=O)c1ccc([N+](=O)[O-])cc1. The first-order valence-corrected chi connectivity index (χ1v) is 9.84. The lowest BCUT2D eigenvalue weighted by atomic mass is 10.1. The quantitative estimate of drug-likeness (QED) is 0.440. The Morgan fingerprint density at radius 3 is 2.62 bits per heavy atom. The maximum atomic E-state index is 13.1. The van der Waals surface area contributed by atoms with Gasteiger partial charge in [-0.1, -0.05) is 6.07 Å². The van der Waals surface area contributed by atoms with Crippen LogP contribution in [0.25, 0.3) is 0 Å². The van der Waals surface area contributed by atoms with Gasteiger partial charge in [-0.15, -0.1) is 23.1 Å². The van der Waals surface area contributed by atoms with Gasteiger partial charge in [0.15, 0.2) is 0 Å². The molecular weight excluding hydrogens is 376 g/mol. The highest BCUT2D eigenvalue weighted by molar-refractivity contribution is 7.99. The number of nitro benzene ring substituents is 1. The molecule has 2 heterocycles. The van der Waals surface area contributed by atoms with Crippen molar-refractivity contribution >= 4 is 40.7 Å². The highest BCUT2D eigenvalue weighted by Crippen LogP contribution is 2.44. The van der Waals surface area contributed by atoms with Crippen LogP contribution in [0.1, 0.15) is 27.5 Å². The Balaban J connectivity index is 1.92. The molecule has 1 amide bonds. The molecule has 1 aliphatic heterocycles. The Morgan fingerprint density at radius 2 is 2.04 bits per heavy atom. The predicted octanol–water partition coefficient (Wildman–Crippen LogP) is 3.48. The number of nitro groups is 1. The number of thiophene rings is 1. The predicted molar refractivity (Wildman–Crippen MR) is 99.2 cm³/mol. The Bertz CT molecular complexity index is 807. The number of hydrogen-bond acceptors (Lipinski definition) is 7. The maximum Gasteiger partial charge on any atom is 0.329 e. The monoisotopic (exact) mass is 392 g/mol. The molecule has 0 spiro atoms. The van der Waals surface area contributed by atoms with Gasteiger partial charge in [-0.05, 0) is 30.5 Å². The molecule has 0 N–H and O–H groups in total. The summed E-state index contributed by atoms with van der Waals surface area (Å²) < 4.78 is 5.13. The number of amides is 1. The zero-order chi connectivity index (χ0) is 18.7. The molecule has 0 radical (unpaired) electrons. The second kappa shape index (κ2) is 7.88. The number of ether oxygens (including phenoxy) is 1. The fourth-order valence-corrected chi connectivity index (χ4v) is 5.08. The van der Waals surface area contributed by atoms with Crippen LogP contribution in [0.4, 0.5) is 5.69 Å². The number of benzene rings is 1. The van der Waals surface area contributed by atoms with Crippen molar-refractivity contribution in [3.05, 3.63) is 62.3 Å². The number of rotatable bonds is 5. The third-order valence-electron chi connectivity index (χ3n) is 3.91. The van der Waals surface area contributed by atoms with Crippen molar-refractivity contribution in [2.75, 3.05) is 12.4 Å². The van der Waals surface area contributed by atoms with E-state index in [4.69, 9.17) is 4.74 Å². The molecular formula is C17H16N2O5S2. The van der Waals surface area contributed by atoms with E-state index in [-0.39, 0.29) is 23.6 Å². The van der Waals surface area contributed by atoms with Crippen molar-refractivity contribution < 1.29 is 19.2 Å². The lowest BCUT2D eigenvalue weighted by molar-refractivity contribution is -0.384. The van der Waals surface area contributed by atoms with E-state index in [1.54, 1.807) is 6.92 Å². The number of esters is 1. The van der Waals surface area contributed by atoms with Crippen LogP contribution in [-0.4, -0.2) is 40.1 Å². The highest BCUT2D eigenvalue weighted by Gasteiger charge is 2.43. The minimum Gasteiger partial charge on any atom is -0.464 e. The molecule has 1 aliphatic rings. The summed E-state index contributed by atoms with van der Waals surface area (Å²) in [5, 5.41) is 12.4. The van der Waals surface area contributed by atoms with Crippen molar-refractivity contribution in [2.45, 2.75) is 18.3 Å². The van der Waals surface area contributed by atoms with Crippen LogP contribution < -0.4 is 0 Å². The van der Waals surface area contributed by atoms with E-state index < -0.39 is 16.9 Å². The number of carbonyl (C=O) groups is 2. The third kappa shape index (κ3) is 3.58. The van der Waals surface area contributed by atoms with Crippen LogP contribution in [0.15, 0.2) is 41.8 Å². The van der Waals surface area contributed by atoms with Gasteiger partial charge >= 0.3 is 5.97 Å². The highest BCUT2D eigenvalue weighted by atomic mass is 32.2. The Labute approximate surface area is 158 Å². The normalized spacial score (nSPS) is 19.3. The van der Waals surface area contributed by atoms with E-state index in [2.05, 4.69) is 0 Å². The summed E-state index contributed by atoms with van der Waals surface area (Å²) in [5.41, 5.74) is 0.211. The van der Waals surface area contributed by atoms with Crippen molar-refractivity contribution in [3.8, 4) is 0 Å². The minimum atomic E-state index is -0.685. The zero-order valence-electron chi connectivity index (χ0n) is 13.9. The van der Waals surface area contributed by atoms with E-state index in [1.165, 1.54) is 52.3 Å². The van der Waals surface area contributed by atoms with Crippen LogP contribution >= 0.6 is 23.1 Å². The topological polar surface area (TPSA) is 89.8 Å². The number of non-ortho nitro benzene ring substituents is 1. The molecule has 0 bridgehead atoms. The summed E-state index contributed by atoms with van der Waals surface area (Å²) in [6, 6.07) is 8.54. The molecule has 1 fully saturated rings. The van der Waals surface area contributed by atoms with Gasteiger partial charge in [-0.3, -0.25) is 14.9 Å². The summed E-state index contributed by atoms with van der Waals surface area (Å²) in [6.07, 6.45) is 0. The van der Waals surface area contributed by atoms with Crippen LogP contribution in [0.5, 0.6) is 0 Å². The minimum absolute atomic E-state index is 0.0888. The van der Waals surface area contributed by atoms with Gasteiger partial charge in [0.05, 0.1) is 11.5 Å². The summed E-state index contributed by atoms with van der Waals surface area (Å²) >= 11 is 3.02. The van der Waals surface area contributed by atoms with E-state index >= 15 is 0 Å². The summed E-state index contributed by atoms with van der Waals surface area (Å²) in [4.78, 5) is 38.2. The Morgan fingerprint density at radius 1 is 1.31 bits per heavy atom. The summed E-state index contributed by atoms with van der Waals surface area (Å²) in [7, 11) is 0. The first-order chi connectivity index (χ1) is 12.5. The molecule has 1 saturated heterocycles. The first-order valence-electron chi connectivity index (χ1n) is 7.91. The van der Waals surface area contributed by atoms with Gasteiger partial charge in [-0.25, -0.2) is 4.79 Å². The van der Waals surface area contributed by atoms with Gasteiger partial charge in [0.25, 0.3) is 11.6 Å². The lowest BCUT2D eigenvalue weighted by Gasteiger charge is -2.27. The largest absolute Gasteiger partial charge is 0.464 e. The van der Waals surface area contributed by atoms with Crippen molar-refractivity contribution in [3.63, 3.8) is 0 Å². The van der Waals surface area contributed by atoms with Gasteiger partial charge in [0, 0.05) is 28.3 Å². The molecule has 136 valence electrons. The molecule has 3 rings (SSSR count). The van der Waals surface area contributed by atoms with Crippen molar-refractivity contribution in [2.24, 2.45) is 0 Å². The van der Waals surface area contributed by atoms with E-state index in [1.807, 2.05) is 17.5 Å². The zero-order valence-corrected chi connectivity index (χ0v) is 15.5. The fourth-order valence-electron chi connectivity index (χ4n) is 2.70. The fraction of sp³-hybridized carbons (Fsp3) is 0.294. The van der Waals surface area contributed by atoms with Gasteiger partial charge in [-0.2, -0.15) is 0 Å². The number of thioether (sulfide) groups is 1. The molecule has 7 nitrogen and oxygen atoms in total. The second-order valence-corrected chi connectivity index (χ2v) is 7.58. The van der Waals surface area contributed by atoms with Gasteiger partial charge in [0.1, 0.15) is 11.4 Å². The molecule has 0 aliphatic carbocycles. The molecule has 2 aromatic rings. The van der Waals surface area contributed by atoms with E-state index in [0.29, 0.717) is 11.3 Å². The second-order valence-electron chi connectivity index (χ2n) is 5.49. The van der Waals surface area contributed by atoms with Crippen LogP contribution in [0.3, 0.4) is 0 Å². The van der Waals surface area contributed by atoms with E-state index in [9.17, 15) is 19.7 Å². The smallest absolute Gasteiger partial charge is 0.329 e. The molecule has 1 aromatic carbocycles. The average Bonchev–Trinajstić information content (AvgIpc) is 3.30. The van der Waals surface area contributed by atoms with Crippen molar-refractivity contribution in [1.29, 1.82) is 0 Å². The summed E-state index contributed by atoms with van der Waals surface area (Å²) in [6.45, 7) is 1.96. The number of nitrogens with zero attached hydrogens (tertiary/aromatic N) is 2. The number of hydrogen-bond donors (Lipinski definition) is 0. The Kier molecular flexibility index (Phi) is 5.58. The number of carbonyl (C=O) groups excluding carboxylic acids is 2. The molecule has 2 unspecified atom stereocenters. The Hall–Kier alpha value is -2.39. The molecule has 1 aromatic heterocycles. The third-order valence-corrected chi connectivity index (χ3v) is 6.28. The molecule has 26 heavy (non-hydrogen) atoms. The maximum absolute atomic E-state index is 13.1. The van der Waals surface area contributed by atoms with Crippen LogP contribution in [-0.2, 0) is 9.53 Å². The van der Waals surface area contributed by atoms with Crippen LogP contribution in [0, 0.1) is 10.1 Å². The molecule has 2 atom stereocenters. The summed E-state index contributed by atoms with van der Waals surface area (Å²) in [5.74, 6) is -0.337. The lowest BCUT2D eigenvalue weighted by Crippen LogP contribution is -2.43. The van der Waals surface area contributed by atoms with Gasteiger partial charge < -0.3 is 9.64 Å². The van der Waals surface area contributed by atoms with E-state index in [0.717, 1.165) is 4.88 Å². The van der Waals surface area contributed by atoms with Crippen LogP contribution in [0.2, 0.25) is 0 Å². The average molecular weight is 392 g/mol. The molecule has 0 saturated carbocycles. The van der Waals surface area contributed by atoms with Crippen molar-refractivity contribution in [1.82, 2.24) is 4.90 Å². The van der Waals surface area contributed by atoms with Gasteiger partial charge in [0.2, 0.25) is 0 Å². The first kappa shape index (κ1) is 18.4. The standard InChI is InChI=1S/C17H16N2O5S2/c1-2-24-17(21)13-10-26-16(14-4-3-9-25-14)18(13)15(20)11-5-7-12(8-6-11)19(22)23/h3-9,13,16H,2,10H2,1H3.